The number of aryl methyl sites for hydroxylation is 1. The van der Waals surface area contributed by atoms with E-state index in [1.165, 1.54) is 17.4 Å². The lowest BCUT2D eigenvalue weighted by Gasteiger charge is -2.01. The number of carbonyl (C=O) groups excluding carboxylic acids is 1. The van der Waals surface area contributed by atoms with E-state index in [0.29, 0.717) is 23.7 Å². The molecule has 1 heterocycles. The van der Waals surface area contributed by atoms with Crippen molar-refractivity contribution in [1.82, 2.24) is 4.98 Å². The van der Waals surface area contributed by atoms with Gasteiger partial charge < -0.3 is 11.1 Å². The van der Waals surface area contributed by atoms with Gasteiger partial charge in [-0.2, -0.15) is 0 Å². The lowest BCUT2D eigenvalue weighted by molar-refractivity contribution is -0.116. The maximum atomic E-state index is 13.6. The third-order valence-electron chi connectivity index (χ3n) is 2.82. The molecular weight excluding hydrogens is 277 g/mol. The van der Waals surface area contributed by atoms with Crippen molar-refractivity contribution in [3.8, 4) is 0 Å². The first-order valence-corrected chi connectivity index (χ1v) is 7.11. The smallest absolute Gasteiger partial charge is 0.227 e. The second kappa shape index (κ2) is 6.58. The number of carbonyl (C=O) groups is 1. The van der Waals surface area contributed by atoms with Gasteiger partial charge >= 0.3 is 0 Å². The zero-order chi connectivity index (χ0) is 14.5. The molecule has 106 valence electrons. The van der Waals surface area contributed by atoms with Crippen LogP contribution in [0.15, 0.2) is 24.3 Å². The molecule has 1 amide bonds. The molecule has 2 aromatic rings. The first kappa shape index (κ1) is 14.6. The third kappa shape index (κ3) is 3.61. The van der Waals surface area contributed by atoms with Gasteiger partial charge in [0, 0.05) is 24.3 Å². The number of nitrogens with one attached hydrogen (secondary N) is 1. The first-order valence-electron chi connectivity index (χ1n) is 6.29. The molecule has 0 aliphatic carbocycles. The van der Waals surface area contributed by atoms with Crippen LogP contribution in [-0.2, 0) is 11.2 Å². The number of aromatic nitrogens is 1. The second-order valence-electron chi connectivity index (χ2n) is 4.38. The predicted molar refractivity (Wildman–Crippen MR) is 78.4 cm³/mol. The van der Waals surface area contributed by atoms with Crippen molar-refractivity contribution >= 4 is 22.4 Å². The van der Waals surface area contributed by atoms with Gasteiger partial charge in [0.15, 0.2) is 5.13 Å². The molecule has 0 aliphatic rings. The Morgan fingerprint density at radius 3 is 2.90 bits per heavy atom. The van der Waals surface area contributed by atoms with Crippen LogP contribution in [0.5, 0.6) is 0 Å². The molecule has 4 nitrogen and oxygen atoms in total. The molecule has 0 unspecified atom stereocenters. The maximum absolute atomic E-state index is 13.6. The van der Waals surface area contributed by atoms with Crippen LogP contribution in [0.4, 0.5) is 9.52 Å². The molecule has 0 spiro atoms. The van der Waals surface area contributed by atoms with E-state index in [1.807, 2.05) is 6.92 Å². The number of anilines is 1. The van der Waals surface area contributed by atoms with Crippen molar-refractivity contribution in [2.75, 3.05) is 11.9 Å². The average Bonchev–Trinajstić information content (AvgIpc) is 2.72. The van der Waals surface area contributed by atoms with Crippen LogP contribution in [-0.4, -0.2) is 17.4 Å². The number of hydrogen-bond donors (Lipinski definition) is 2. The van der Waals surface area contributed by atoms with E-state index in [1.54, 1.807) is 18.2 Å². The summed E-state index contributed by atoms with van der Waals surface area (Å²) in [6.45, 7) is 2.16. The summed E-state index contributed by atoms with van der Waals surface area (Å²) in [5, 5.41) is 3.23. The third-order valence-corrected chi connectivity index (χ3v) is 3.89. The summed E-state index contributed by atoms with van der Waals surface area (Å²) in [6, 6.07) is 6.66. The first-order chi connectivity index (χ1) is 9.60. The van der Waals surface area contributed by atoms with E-state index in [2.05, 4.69) is 10.3 Å². The van der Waals surface area contributed by atoms with Crippen LogP contribution in [0.2, 0.25) is 0 Å². The number of nitrogens with two attached hydrogens (primary N) is 1. The molecule has 0 saturated heterocycles. The van der Waals surface area contributed by atoms with Gasteiger partial charge in [-0.25, -0.2) is 9.37 Å². The Hall–Kier alpha value is -1.79. The number of amides is 1. The molecule has 2 rings (SSSR count). The monoisotopic (exact) mass is 293 g/mol. The Morgan fingerprint density at radius 1 is 1.45 bits per heavy atom. The maximum Gasteiger partial charge on any atom is 0.227 e. The molecule has 0 atom stereocenters. The lowest BCUT2D eigenvalue weighted by atomic mass is 10.1. The van der Waals surface area contributed by atoms with Crippen LogP contribution >= 0.6 is 11.3 Å². The van der Waals surface area contributed by atoms with Crippen LogP contribution < -0.4 is 11.1 Å². The lowest BCUT2D eigenvalue weighted by Crippen LogP contribution is -2.15. The Bertz CT molecular complexity index is 612. The molecule has 1 aromatic carbocycles. The molecule has 0 bridgehead atoms. The van der Waals surface area contributed by atoms with Crippen molar-refractivity contribution in [2.24, 2.45) is 5.73 Å². The number of rotatable bonds is 5. The molecule has 3 N–H and O–H groups in total. The predicted octanol–water partition coefficient (Wildman–Crippen LogP) is 2.47. The molecule has 20 heavy (non-hydrogen) atoms. The minimum atomic E-state index is -0.228. The summed E-state index contributed by atoms with van der Waals surface area (Å²) >= 11 is 1.37. The Balaban J connectivity index is 2.12. The molecular formula is C14H16FN3OS. The minimum absolute atomic E-state index is 0.154. The van der Waals surface area contributed by atoms with Gasteiger partial charge in [0.05, 0.1) is 5.69 Å². The quantitative estimate of drug-likeness (QED) is 0.890. The number of nitrogens with zero attached hydrogens (tertiary/aromatic N) is 1. The largest absolute Gasteiger partial charge is 0.330 e. The minimum Gasteiger partial charge on any atom is -0.330 e. The zero-order valence-corrected chi connectivity index (χ0v) is 12.0. The summed E-state index contributed by atoms with van der Waals surface area (Å²) < 4.78 is 13.6. The topological polar surface area (TPSA) is 68.0 Å². The van der Waals surface area contributed by atoms with E-state index >= 15 is 0 Å². The van der Waals surface area contributed by atoms with E-state index in [4.69, 9.17) is 5.73 Å². The number of thiazole rings is 1. The molecule has 0 saturated carbocycles. The van der Waals surface area contributed by atoms with E-state index in [9.17, 15) is 9.18 Å². The van der Waals surface area contributed by atoms with E-state index < -0.39 is 0 Å². The molecule has 0 fully saturated rings. The molecule has 0 aliphatic heterocycles. The van der Waals surface area contributed by atoms with Crippen LogP contribution in [0, 0.1) is 12.7 Å². The van der Waals surface area contributed by atoms with Crippen LogP contribution in [0.1, 0.15) is 22.6 Å². The van der Waals surface area contributed by atoms with E-state index in [-0.39, 0.29) is 18.1 Å². The summed E-state index contributed by atoms with van der Waals surface area (Å²) in [7, 11) is 0. The Kier molecular flexibility index (Phi) is 4.81. The normalized spacial score (nSPS) is 10.6. The van der Waals surface area contributed by atoms with Crippen molar-refractivity contribution in [1.29, 1.82) is 0 Å². The highest BCUT2D eigenvalue weighted by molar-refractivity contribution is 7.15. The van der Waals surface area contributed by atoms with Gasteiger partial charge in [-0.1, -0.05) is 18.2 Å². The number of halogens is 1. The van der Waals surface area contributed by atoms with E-state index in [0.717, 1.165) is 10.6 Å². The molecule has 1 aromatic heterocycles. The Morgan fingerprint density at radius 2 is 2.20 bits per heavy atom. The summed E-state index contributed by atoms with van der Waals surface area (Å²) in [6.07, 6.45) is 0.740. The summed E-state index contributed by atoms with van der Waals surface area (Å²) in [5.41, 5.74) is 6.75. The van der Waals surface area contributed by atoms with Crippen molar-refractivity contribution < 1.29 is 9.18 Å². The van der Waals surface area contributed by atoms with Crippen molar-refractivity contribution in [2.45, 2.75) is 19.8 Å². The standard InChI is InChI=1S/C14H16FN3OS/c1-9-12(8-10-4-2-3-5-11(10)15)20-14(17-9)18-13(19)6-7-16/h2-5H,6-8,16H2,1H3,(H,17,18,19). The fraction of sp³-hybridized carbons (Fsp3) is 0.286. The van der Waals surface area contributed by atoms with Gasteiger partial charge in [-0.15, -0.1) is 11.3 Å². The van der Waals surface area contributed by atoms with Crippen LogP contribution in [0.25, 0.3) is 0 Å². The van der Waals surface area contributed by atoms with Crippen molar-refractivity contribution in [3.63, 3.8) is 0 Å². The van der Waals surface area contributed by atoms with Gasteiger partial charge in [-0.3, -0.25) is 4.79 Å². The highest BCUT2D eigenvalue weighted by Gasteiger charge is 2.12. The molecule has 6 heteroatoms. The number of benzene rings is 1. The van der Waals surface area contributed by atoms with Crippen LogP contribution in [0.3, 0.4) is 0 Å². The summed E-state index contributed by atoms with van der Waals surface area (Å²) in [5.74, 6) is -0.382. The van der Waals surface area contributed by atoms with Gasteiger partial charge in [0.25, 0.3) is 0 Å². The van der Waals surface area contributed by atoms with Gasteiger partial charge in [0.2, 0.25) is 5.91 Å². The SMILES string of the molecule is Cc1nc(NC(=O)CCN)sc1Cc1ccccc1F. The molecule has 0 radical (unpaired) electrons. The van der Waals surface area contributed by atoms with Gasteiger partial charge in [-0.05, 0) is 18.6 Å². The zero-order valence-electron chi connectivity index (χ0n) is 11.1. The Labute approximate surface area is 120 Å². The fourth-order valence-electron chi connectivity index (χ4n) is 1.77. The average molecular weight is 293 g/mol. The van der Waals surface area contributed by atoms with Crippen molar-refractivity contribution in [3.05, 3.63) is 46.2 Å². The fourth-order valence-corrected chi connectivity index (χ4v) is 2.77. The highest BCUT2D eigenvalue weighted by Crippen LogP contribution is 2.26. The summed E-state index contributed by atoms with van der Waals surface area (Å²) in [4.78, 5) is 16.7. The second-order valence-corrected chi connectivity index (χ2v) is 5.47. The highest BCUT2D eigenvalue weighted by atomic mass is 32.1. The number of hydrogen-bond acceptors (Lipinski definition) is 4. The van der Waals surface area contributed by atoms with Gasteiger partial charge in [0.1, 0.15) is 5.82 Å².